The number of fused-ring (bicyclic) bond motifs is 3. The molecule has 0 amide bonds. The van der Waals surface area contributed by atoms with Gasteiger partial charge >= 0.3 is 0 Å². The largest absolute Gasteiger partial charge is 0.316 e. The van der Waals surface area contributed by atoms with Crippen LogP contribution in [0.2, 0.25) is 0 Å². The van der Waals surface area contributed by atoms with E-state index in [1.165, 1.54) is 70.9 Å². The predicted octanol–water partition coefficient (Wildman–Crippen LogP) is 3.62. The van der Waals surface area contributed by atoms with Crippen LogP contribution in [0.5, 0.6) is 0 Å². The second-order valence-electron chi connectivity index (χ2n) is 11.7. The Morgan fingerprint density at radius 3 is 2.43 bits per heavy atom. The average Bonchev–Trinajstić information content (AvgIpc) is 3.24. The predicted molar refractivity (Wildman–Crippen MR) is 118 cm³/mol. The molecule has 0 radical (unpaired) electrons. The number of nitrogens with one attached hydrogen (secondary N) is 3. The molecule has 168 valence electrons. The summed E-state index contributed by atoms with van der Waals surface area (Å²) in [5, 5.41) is 17.1. The molecule has 3 saturated heterocycles. The van der Waals surface area contributed by atoms with Crippen LogP contribution in [0.25, 0.3) is 0 Å². The molecule has 5 nitrogen and oxygen atoms in total. The van der Waals surface area contributed by atoms with Crippen molar-refractivity contribution < 1.29 is 4.84 Å². The van der Waals surface area contributed by atoms with E-state index in [1.807, 2.05) is 0 Å². The third kappa shape index (κ3) is 3.94. The quantitative estimate of drug-likeness (QED) is 0.658. The summed E-state index contributed by atoms with van der Waals surface area (Å²) in [6.07, 6.45) is 12.1. The van der Waals surface area contributed by atoms with Crippen LogP contribution >= 0.6 is 0 Å². The molecule has 5 fully saturated rings. The molecule has 5 rings (SSSR count). The Labute approximate surface area is 183 Å². The van der Waals surface area contributed by atoms with Crippen LogP contribution < -0.4 is 16.1 Å². The zero-order valence-corrected chi connectivity index (χ0v) is 19.0. The number of nitriles is 1. The summed E-state index contributed by atoms with van der Waals surface area (Å²) >= 11 is 0. The van der Waals surface area contributed by atoms with Crippen molar-refractivity contribution in [2.75, 3.05) is 19.6 Å². The zero-order chi connectivity index (χ0) is 20.7. The second-order valence-corrected chi connectivity index (χ2v) is 11.7. The summed E-state index contributed by atoms with van der Waals surface area (Å²) in [7, 11) is 0. The first-order chi connectivity index (χ1) is 14.6. The molecule has 2 saturated carbocycles. The molecule has 0 aromatic heterocycles. The minimum Gasteiger partial charge on any atom is -0.316 e. The number of nitrogens with zero attached hydrogens (tertiary/aromatic N) is 1. The highest BCUT2D eigenvalue weighted by molar-refractivity contribution is 5.05. The molecule has 0 aromatic carbocycles. The minimum atomic E-state index is -0.188. The SMILES string of the molecule is CC(C)(C#N)C1CCC(C2ONC3CNC4CCC(C5CCCNC5)CC4C32)CC1. The van der Waals surface area contributed by atoms with Crippen LogP contribution in [0.1, 0.15) is 71.6 Å². The van der Waals surface area contributed by atoms with Gasteiger partial charge in [-0.25, -0.2) is 0 Å². The summed E-state index contributed by atoms with van der Waals surface area (Å²) in [4.78, 5) is 6.35. The van der Waals surface area contributed by atoms with Gasteiger partial charge in [-0.1, -0.05) is 0 Å². The Morgan fingerprint density at radius 2 is 1.70 bits per heavy atom. The van der Waals surface area contributed by atoms with Crippen LogP contribution in [-0.2, 0) is 4.84 Å². The summed E-state index contributed by atoms with van der Waals surface area (Å²) in [6.45, 7) is 7.77. The van der Waals surface area contributed by atoms with Crippen molar-refractivity contribution in [2.24, 2.45) is 40.9 Å². The van der Waals surface area contributed by atoms with Gasteiger partial charge in [0.05, 0.1) is 23.6 Å². The van der Waals surface area contributed by atoms with Gasteiger partial charge in [0.25, 0.3) is 0 Å². The van der Waals surface area contributed by atoms with Gasteiger partial charge in [-0.3, -0.25) is 4.84 Å². The normalized spacial score (nSPS) is 47.2. The van der Waals surface area contributed by atoms with Gasteiger partial charge in [0.15, 0.2) is 0 Å². The Morgan fingerprint density at radius 1 is 0.900 bits per heavy atom. The summed E-state index contributed by atoms with van der Waals surface area (Å²) in [5.41, 5.74) is 3.27. The highest BCUT2D eigenvalue weighted by Crippen LogP contribution is 2.49. The molecule has 5 aliphatic rings. The maximum Gasteiger partial charge on any atom is 0.0866 e. The topological polar surface area (TPSA) is 69.1 Å². The number of rotatable bonds is 3. The van der Waals surface area contributed by atoms with Gasteiger partial charge in [-0.05, 0) is 114 Å². The molecule has 2 aliphatic carbocycles. The van der Waals surface area contributed by atoms with E-state index in [-0.39, 0.29) is 5.41 Å². The third-order valence-electron chi connectivity index (χ3n) is 9.78. The van der Waals surface area contributed by atoms with Crippen molar-refractivity contribution in [3.05, 3.63) is 0 Å². The third-order valence-corrected chi connectivity index (χ3v) is 9.78. The van der Waals surface area contributed by atoms with Gasteiger partial charge in [-0.15, -0.1) is 0 Å². The molecule has 3 N–H and O–H groups in total. The van der Waals surface area contributed by atoms with Crippen LogP contribution in [0.15, 0.2) is 0 Å². The van der Waals surface area contributed by atoms with Crippen molar-refractivity contribution in [2.45, 2.75) is 89.8 Å². The van der Waals surface area contributed by atoms with Crippen molar-refractivity contribution in [1.82, 2.24) is 16.1 Å². The van der Waals surface area contributed by atoms with E-state index in [0.717, 1.165) is 24.3 Å². The molecule has 0 bridgehead atoms. The number of piperidine rings is 2. The lowest BCUT2D eigenvalue weighted by molar-refractivity contribution is -0.0453. The van der Waals surface area contributed by atoms with Crippen molar-refractivity contribution in [1.29, 1.82) is 5.26 Å². The molecule has 0 spiro atoms. The second kappa shape index (κ2) is 8.70. The molecule has 0 aromatic rings. The van der Waals surface area contributed by atoms with E-state index in [1.54, 1.807) is 0 Å². The monoisotopic (exact) mass is 414 g/mol. The van der Waals surface area contributed by atoms with E-state index in [2.05, 4.69) is 36.0 Å². The number of hydrogen-bond donors (Lipinski definition) is 3. The van der Waals surface area contributed by atoms with Gasteiger partial charge in [0.2, 0.25) is 0 Å². The van der Waals surface area contributed by atoms with Crippen molar-refractivity contribution in [3.8, 4) is 6.07 Å². The Bertz CT molecular complexity index is 632. The van der Waals surface area contributed by atoms with E-state index < -0.39 is 0 Å². The first kappa shape index (κ1) is 21.2. The van der Waals surface area contributed by atoms with Crippen LogP contribution in [0.3, 0.4) is 0 Å². The molecule has 30 heavy (non-hydrogen) atoms. The average molecular weight is 415 g/mol. The fourth-order valence-corrected chi connectivity index (χ4v) is 7.85. The Hall–Kier alpha value is -0.670. The number of hydrogen-bond acceptors (Lipinski definition) is 5. The van der Waals surface area contributed by atoms with Crippen molar-refractivity contribution in [3.63, 3.8) is 0 Å². The minimum absolute atomic E-state index is 0.188. The molecular weight excluding hydrogens is 372 g/mol. The molecule has 3 aliphatic heterocycles. The lowest BCUT2D eigenvalue weighted by atomic mass is 9.60. The fourth-order valence-electron chi connectivity index (χ4n) is 7.85. The van der Waals surface area contributed by atoms with Crippen molar-refractivity contribution >= 4 is 0 Å². The lowest BCUT2D eigenvalue weighted by Gasteiger charge is -2.49. The molecular formula is C25H42N4O. The Balaban J connectivity index is 1.26. The first-order valence-corrected chi connectivity index (χ1v) is 12.8. The maximum atomic E-state index is 9.54. The number of hydroxylamine groups is 1. The van der Waals surface area contributed by atoms with E-state index >= 15 is 0 Å². The highest BCUT2D eigenvalue weighted by atomic mass is 16.7. The van der Waals surface area contributed by atoms with Crippen LogP contribution in [0.4, 0.5) is 0 Å². The lowest BCUT2D eigenvalue weighted by Crippen LogP contribution is -2.59. The summed E-state index contributed by atoms with van der Waals surface area (Å²) in [5.74, 6) is 4.42. The maximum absolute atomic E-state index is 9.54. The van der Waals surface area contributed by atoms with E-state index in [9.17, 15) is 5.26 Å². The van der Waals surface area contributed by atoms with Gasteiger partial charge in [-0.2, -0.15) is 10.7 Å². The smallest absolute Gasteiger partial charge is 0.0866 e. The molecule has 3 heterocycles. The van der Waals surface area contributed by atoms with Gasteiger partial charge in [0, 0.05) is 18.5 Å². The van der Waals surface area contributed by atoms with Gasteiger partial charge < -0.3 is 10.6 Å². The van der Waals surface area contributed by atoms with Crippen LogP contribution in [0, 0.1) is 52.3 Å². The fraction of sp³-hybridized carbons (Fsp3) is 0.960. The summed E-state index contributed by atoms with van der Waals surface area (Å²) in [6, 6.07) is 3.73. The first-order valence-electron chi connectivity index (χ1n) is 12.8. The highest BCUT2D eigenvalue weighted by Gasteiger charge is 2.53. The molecule has 5 heteroatoms. The van der Waals surface area contributed by atoms with E-state index in [0.29, 0.717) is 35.9 Å². The zero-order valence-electron chi connectivity index (χ0n) is 19.0. The van der Waals surface area contributed by atoms with Crippen LogP contribution in [-0.4, -0.2) is 37.8 Å². The molecule has 7 atom stereocenters. The van der Waals surface area contributed by atoms with Gasteiger partial charge in [0.1, 0.15) is 0 Å². The summed E-state index contributed by atoms with van der Waals surface area (Å²) < 4.78 is 0. The molecule has 7 unspecified atom stereocenters. The Kier molecular flexibility index (Phi) is 6.14. The van der Waals surface area contributed by atoms with E-state index in [4.69, 9.17) is 4.84 Å². The standard InChI is InChI=1S/C25H42N4O/c1-25(2,15-26)19-8-5-16(6-9-19)24-23-20-12-17(18-4-3-11-27-13-18)7-10-21(20)28-14-22(23)29-30-24/h16-24,27-29H,3-14H2,1-2H3.